The first kappa shape index (κ1) is 23.4. The summed E-state index contributed by atoms with van der Waals surface area (Å²) in [6, 6.07) is 22.4. The maximum absolute atomic E-state index is 13.8. The van der Waals surface area contributed by atoms with Crippen molar-refractivity contribution in [3.8, 4) is 5.69 Å². The number of carbonyl (C=O) groups is 1. The van der Waals surface area contributed by atoms with E-state index in [0.29, 0.717) is 28.8 Å². The minimum atomic E-state index is -0.424. The van der Waals surface area contributed by atoms with Crippen molar-refractivity contribution in [1.29, 1.82) is 0 Å². The lowest BCUT2D eigenvalue weighted by atomic mass is 10.0. The second-order valence-corrected chi connectivity index (χ2v) is 9.31. The van der Waals surface area contributed by atoms with Gasteiger partial charge < -0.3 is 4.90 Å². The van der Waals surface area contributed by atoms with Crippen molar-refractivity contribution in [1.82, 2.24) is 14.5 Å². The van der Waals surface area contributed by atoms with Gasteiger partial charge in [0, 0.05) is 12.1 Å². The van der Waals surface area contributed by atoms with E-state index in [-0.39, 0.29) is 17.4 Å². The van der Waals surface area contributed by atoms with E-state index in [1.807, 2.05) is 92.4 Å². The third kappa shape index (κ3) is 4.51. The molecular weight excluding hydrogens is 422 g/mol. The number of benzene rings is 3. The van der Waals surface area contributed by atoms with E-state index in [4.69, 9.17) is 4.98 Å². The van der Waals surface area contributed by atoms with Gasteiger partial charge in [-0.05, 0) is 68.1 Å². The number of hydrogen-bond acceptors (Lipinski definition) is 3. The highest BCUT2D eigenvalue weighted by molar-refractivity contribution is 5.96. The second-order valence-electron chi connectivity index (χ2n) is 9.31. The average Bonchev–Trinajstić information content (AvgIpc) is 2.82. The normalized spacial score (nSPS) is 12.2. The monoisotopic (exact) mass is 453 g/mol. The van der Waals surface area contributed by atoms with Gasteiger partial charge >= 0.3 is 0 Å². The lowest BCUT2D eigenvalue weighted by Crippen LogP contribution is -2.39. The third-order valence-electron chi connectivity index (χ3n) is 6.10. The molecule has 5 nitrogen and oxygen atoms in total. The zero-order valence-corrected chi connectivity index (χ0v) is 20.4. The van der Waals surface area contributed by atoms with Crippen LogP contribution in [0.25, 0.3) is 16.6 Å². The molecule has 0 fully saturated rings. The van der Waals surface area contributed by atoms with Crippen LogP contribution in [0.15, 0.2) is 77.6 Å². The van der Waals surface area contributed by atoms with Gasteiger partial charge in [0.05, 0.1) is 22.6 Å². The Bertz CT molecular complexity index is 1400. The van der Waals surface area contributed by atoms with Crippen molar-refractivity contribution in [3.05, 3.63) is 106 Å². The third-order valence-corrected chi connectivity index (χ3v) is 6.10. The molecule has 1 unspecified atom stereocenters. The predicted octanol–water partition coefficient (Wildman–Crippen LogP) is 5.86. The molecule has 0 spiro atoms. The van der Waals surface area contributed by atoms with Gasteiger partial charge in [0.25, 0.3) is 11.5 Å². The van der Waals surface area contributed by atoms with E-state index in [9.17, 15) is 9.59 Å². The lowest BCUT2D eigenvalue weighted by Gasteiger charge is -2.32. The highest BCUT2D eigenvalue weighted by atomic mass is 16.2. The largest absolute Gasteiger partial charge is 0.328 e. The van der Waals surface area contributed by atoms with Crippen LogP contribution in [0.2, 0.25) is 0 Å². The number of para-hydroxylation sites is 1. The Kier molecular flexibility index (Phi) is 6.64. The summed E-state index contributed by atoms with van der Waals surface area (Å²) in [4.78, 5) is 34.3. The molecule has 174 valence electrons. The van der Waals surface area contributed by atoms with Crippen molar-refractivity contribution >= 4 is 16.8 Å². The quantitative estimate of drug-likeness (QED) is 0.367. The number of aryl methyl sites for hydroxylation is 2. The number of rotatable bonds is 6. The highest BCUT2D eigenvalue weighted by Gasteiger charge is 2.28. The van der Waals surface area contributed by atoms with Crippen LogP contribution in [-0.2, 0) is 0 Å². The molecule has 0 saturated carbocycles. The minimum absolute atomic E-state index is 0.0579. The minimum Gasteiger partial charge on any atom is -0.328 e. The van der Waals surface area contributed by atoms with Crippen LogP contribution in [0.1, 0.15) is 54.1 Å². The number of fused-ring (bicyclic) bond motifs is 1. The van der Waals surface area contributed by atoms with Gasteiger partial charge in [-0.25, -0.2) is 4.98 Å². The van der Waals surface area contributed by atoms with Gasteiger partial charge in [-0.3, -0.25) is 14.2 Å². The molecule has 4 rings (SSSR count). The van der Waals surface area contributed by atoms with Crippen molar-refractivity contribution < 1.29 is 4.79 Å². The van der Waals surface area contributed by atoms with Gasteiger partial charge in [0.15, 0.2) is 0 Å². The molecule has 5 heteroatoms. The summed E-state index contributed by atoms with van der Waals surface area (Å²) in [6.07, 6.45) is 0. The number of carbonyl (C=O) groups excluding carboxylic acids is 1. The highest BCUT2D eigenvalue weighted by Crippen LogP contribution is 2.26. The Morgan fingerprint density at radius 1 is 0.941 bits per heavy atom. The van der Waals surface area contributed by atoms with Gasteiger partial charge in [-0.2, -0.15) is 0 Å². The maximum atomic E-state index is 13.8. The van der Waals surface area contributed by atoms with Crippen molar-refractivity contribution in [2.24, 2.45) is 5.92 Å². The van der Waals surface area contributed by atoms with Crippen LogP contribution < -0.4 is 5.56 Å². The standard InChI is InChI=1S/C29H31N3O2/c1-19(2)18-31(28(33)24-14-7-6-12-21(24)4)22(5)27-30-26-16-9-8-15-25(26)29(34)32(27)23-13-10-11-20(3)17-23/h6-17,19,22H,18H2,1-5H3. The molecule has 0 aliphatic rings. The smallest absolute Gasteiger partial charge is 0.266 e. The topological polar surface area (TPSA) is 55.2 Å². The van der Waals surface area contributed by atoms with E-state index in [1.54, 1.807) is 10.6 Å². The van der Waals surface area contributed by atoms with Gasteiger partial charge in [-0.15, -0.1) is 0 Å². The fourth-order valence-corrected chi connectivity index (χ4v) is 4.36. The number of nitrogens with zero attached hydrogens (tertiary/aromatic N) is 3. The van der Waals surface area contributed by atoms with Crippen molar-refractivity contribution in [2.75, 3.05) is 6.54 Å². The van der Waals surface area contributed by atoms with Crippen LogP contribution in [0, 0.1) is 19.8 Å². The van der Waals surface area contributed by atoms with E-state index in [0.717, 1.165) is 16.8 Å². The van der Waals surface area contributed by atoms with Crippen LogP contribution in [0.5, 0.6) is 0 Å². The molecule has 0 radical (unpaired) electrons. The molecule has 0 aliphatic heterocycles. The summed E-state index contributed by atoms with van der Waals surface area (Å²) >= 11 is 0. The van der Waals surface area contributed by atoms with Gasteiger partial charge in [0.1, 0.15) is 5.82 Å². The summed E-state index contributed by atoms with van der Waals surface area (Å²) in [6.45, 7) is 10.6. The Labute approximate surface area is 200 Å². The van der Waals surface area contributed by atoms with Gasteiger partial charge in [0.2, 0.25) is 0 Å². The number of aromatic nitrogens is 2. The van der Waals surface area contributed by atoms with Crippen molar-refractivity contribution in [3.63, 3.8) is 0 Å². The first-order valence-corrected chi connectivity index (χ1v) is 11.7. The molecule has 1 atom stereocenters. The van der Waals surface area contributed by atoms with Gasteiger partial charge in [-0.1, -0.05) is 56.3 Å². The SMILES string of the molecule is Cc1cccc(-n2c(C(C)N(CC(C)C)C(=O)c3ccccc3C)nc3ccccc3c2=O)c1. The van der Waals surface area contributed by atoms with E-state index >= 15 is 0 Å². The summed E-state index contributed by atoms with van der Waals surface area (Å²) in [5.74, 6) is 0.740. The average molecular weight is 454 g/mol. The maximum Gasteiger partial charge on any atom is 0.266 e. The molecule has 0 saturated heterocycles. The first-order valence-electron chi connectivity index (χ1n) is 11.7. The first-order chi connectivity index (χ1) is 16.3. The van der Waals surface area contributed by atoms with Crippen LogP contribution >= 0.6 is 0 Å². The molecule has 3 aromatic carbocycles. The van der Waals surface area contributed by atoms with Crippen LogP contribution in [0.4, 0.5) is 0 Å². The van der Waals surface area contributed by atoms with Crippen LogP contribution in [-0.4, -0.2) is 26.9 Å². The Balaban J connectivity index is 1.94. The Hall–Kier alpha value is -3.73. The summed E-state index contributed by atoms with van der Waals surface area (Å²) in [5, 5.41) is 0.556. The number of hydrogen-bond donors (Lipinski definition) is 0. The van der Waals surface area contributed by atoms with Crippen LogP contribution in [0.3, 0.4) is 0 Å². The zero-order valence-electron chi connectivity index (χ0n) is 20.4. The zero-order chi connectivity index (χ0) is 24.4. The molecule has 34 heavy (non-hydrogen) atoms. The molecule has 0 bridgehead atoms. The Morgan fingerprint density at radius 2 is 1.65 bits per heavy atom. The Morgan fingerprint density at radius 3 is 2.35 bits per heavy atom. The summed E-state index contributed by atoms with van der Waals surface area (Å²) in [5.41, 5.74) is 3.89. The molecular formula is C29H31N3O2. The van der Waals surface area contributed by atoms with E-state index in [2.05, 4.69) is 13.8 Å². The molecule has 0 aliphatic carbocycles. The van der Waals surface area contributed by atoms with E-state index in [1.165, 1.54) is 0 Å². The second kappa shape index (κ2) is 9.64. The molecule has 1 aromatic heterocycles. The molecule has 1 amide bonds. The molecule has 1 heterocycles. The van der Waals surface area contributed by atoms with Crippen molar-refractivity contribution in [2.45, 2.75) is 40.7 Å². The molecule has 0 N–H and O–H groups in total. The summed E-state index contributed by atoms with van der Waals surface area (Å²) in [7, 11) is 0. The molecule has 4 aromatic rings. The summed E-state index contributed by atoms with van der Waals surface area (Å²) < 4.78 is 1.67. The predicted molar refractivity (Wildman–Crippen MR) is 138 cm³/mol. The fourth-order valence-electron chi connectivity index (χ4n) is 4.36. The number of amides is 1. The fraction of sp³-hybridized carbons (Fsp3) is 0.276. The van der Waals surface area contributed by atoms with E-state index < -0.39 is 6.04 Å². The lowest BCUT2D eigenvalue weighted by molar-refractivity contribution is 0.0654.